The van der Waals surface area contributed by atoms with E-state index < -0.39 is 18.1 Å². The molecule has 0 saturated heterocycles. The van der Waals surface area contributed by atoms with Gasteiger partial charge in [0.15, 0.2) is 5.75 Å². The minimum Gasteiger partial charge on any atom is -0.462 e. The van der Waals surface area contributed by atoms with Crippen LogP contribution < -0.4 is 10.5 Å². The summed E-state index contributed by atoms with van der Waals surface area (Å²) in [6.07, 6.45) is -4.88. The van der Waals surface area contributed by atoms with Crippen LogP contribution in [0, 0.1) is 6.92 Å². The monoisotopic (exact) mass is 278 g/mol. The Morgan fingerprint density at radius 2 is 2.11 bits per heavy atom. The first kappa shape index (κ1) is 15.2. The van der Waals surface area contributed by atoms with Gasteiger partial charge in [-0.05, 0) is 19.9 Å². The second kappa shape index (κ2) is 5.87. The van der Waals surface area contributed by atoms with Crippen molar-refractivity contribution in [3.05, 3.63) is 23.0 Å². The summed E-state index contributed by atoms with van der Waals surface area (Å²) in [5.74, 6) is -1.35. The topological polar surface area (TPSA) is 74.4 Å². The van der Waals surface area contributed by atoms with Crippen LogP contribution in [0.5, 0.6) is 5.75 Å². The lowest BCUT2D eigenvalue weighted by Crippen LogP contribution is -2.20. The Kier molecular flexibility index (Phi) is 4.71. The molecule has 0 bridgehead atoms. The Balaban J connectivity index is 3.21. The highest BCUT2D eigenvalue weighted by atomic mass is 19.4. The third-order valence-corrected chi connectivity index (χ3v) is 2.17. The van der Waals surface area contributed by atoms with Crippen LogP contribution in [0.4, 0.5) is 13.2 Å². The molecule has 0 aromatic carbocycles. The minimum atomic E-state index is -4.88. The predicted octanol–water partition coefficient (Wildman–Crippen LogP) is 1.92. The van der Waals surface area contributed by atoms with Crippen LogP contribution >= 0.6 is 0 Å². The molecule has 0 aliphatic rings. The molecule has 0 aliphatic heterocycles. The van der Waals surface area contributed by atoms with E-state index in [4.69, 9.17) is 10.5 Å². The molecule has 106 valence electrons. The average molecular weight is 278 g/mol. The van der Waals surface area contributed by atoms with Crippen molar-refractivity contribution < 1.29 is 27.4 Å². The molecule has 0 aliphatic carbocycles. The second-order valence-electron chi connectivity index (χ2n) is 3.54. The van der Waals surface area contributed by atoms with Crippen molar-refractivity contribution in [2.24, 2.45) is 5.73 Å². The number of carbonyl (C=O) groups excluding carboxylic acids is 1. The first-order valence-electron chi connectivity index (χ1n) is 5.42. The van der Waals surface area contributed by atoms with E-state index in [2.05, 4.69) is 9.72 Å². The van der Waals surface area contributed by atoms with Crippen molar-refractivity contribution >= 4 is 5.97 Å². The molecule has 1 aromatic rings. The maximum absolute atomic E-state index is 12.2. The number of halogens is 3. The zero-order valence-corrected chi connectivity index (χ0v) is 10.4. The smallest absolute Gasteiger partial charge is 0.462 e. The molecule has 19 heavy (non-hydrogen) atoms. The van der Waals surface area contributed by atoms with Crippen LogP contribution in [0.2, 0.25) is 0 Å². The molecule has 0 fully saturated rings. The summed E-state index contributed by atoms with van der Waals surface area (Å²) in [6.45, 7) is 2.92. The zero-order chi connectivity index (χ0) is 14.6. The molecular weight excluding hydrogens is 265 g/mol. The number of rotatable bonds is 4. The average Bonchev–Trinajstić information content (AvgIpc) is 2.29. The predicted molar refractivity (Wildman–Crippen MR) is 59.5 cm³/mol. The summed E-state index contributed by atoms with van der Waals surface area (Å²) in [4.78, 5) is 15.4. The summed E-state index contributed by atoms with van der Waals surface area (Å²) >= 11 is 0. The normalized spacial score (nSPS) is 11.3. The Morgan fingerprint density at radius 3 is 2.58 bits per heavy atom. The van der Waals surface area contributed by atoms with Crippen molar-refractivity contribution in [2.75, 3.05) is 6.61 Å². The van der Waals surface area contributed by atoms with Gasteiger partial charge in [0, 0.05) is 6.54 Å². The molecule has 8 heteroatoms. The highest BCUT2D eigenvalue weighted by Gasteiger charge is 2.33. The highest BCUT2D eigenvalue weighted by molar-refractivity contribution is 5.91. The number of hydrogen-bond donors (Lipinski definition) is 1. The summed E-state index contributed by atoms with van der Waals surface area (Å²) in [6, 6.07) is 0.940. The van der Waals surface area contributed by atoms with Crippen LogP contribution in [0.25, 0.3) is 0 Å². The summed E-state index contributed by atoms with van der Waals surface area (Å²) in [5.41, 5.74) is 5.36. The lowest BCUT2D eigenvalue weighted by molar-refractivity contribution is -0.275. The van der Waals surface area contributed by atoms with E-state index >= 15 is 0 Å². The fourth-order valence-electron chi connectivity index (χ4n) is 1.41. The fourth-order valence-corrected chi connectivity index (χ4v) is 1.41. The lowest BCUT2D eigenvalue weighted by atomic mass is 10.1. The van der Waals surface area contributed by atoms with E-state index in [0.717, 1.165) is 6.07 Å². The number of pyridine rings is 1. The number of ether oxygens (including phenoxy) is 2. The van der Waals surface area contributed by atoms with Gasteiger partial charge >= 0.3 is 12.3 Å². The largest absolute Gasteiger partial charge is 0.573 e. The molecule has 1 rings (SSSR count). The van der Waals surface area contributed by atoms with E-state index in [-0.39, 0.29) is 30.1 Å². The van der Waals surface area contributed by atoms with Gasteiger partial charge in [0.05, 0.1) is 23.6 Å². The number of aryl methyl sites for hydroxylation is 1. The van der Waals surface area contributed by atoms with E-state index in [9.17, 15) is 18.0 Å². The molecular formula is C11H13F3N2O3. The second-order valence-corrected chi connectivity index (χ2v) is 3.54. The summed E-state index contributed by atoms with van der Waals surface area (Å²) < 4.78 is 45.2. The van der Waals surface area contributed by atoms with Crippen molar-refractivity contribution in [3.8, 4) is 5.75 Å². The fraction of sp³-hybridized carbons (Fsp3) is 0.455. The van der Waals surface area contributed by atoms with E-state index in [0.29, 0.717) is 0 Å². The van der Waals surface area contributed by atoms with Crippen LogP contribution in [-0.2, 0) is 11.3 Å². The lowest BCUT2D eigenvalue weighted by Gasteiger charge is -2.14. The maximum atomic E-state index is 12.2. The quantitative estimate of drug-likeness (QED) is 0.852. The van der Waals surface area contributed by atoms with Crippen LogP contribution in [0.1, 0.15) is 28.7 Å². The SMILES string of the molecule is CCOC(=O)c1cc(OC(F)(F)F)c(CN)nc1C. The molecule has 5 nitrogen and oxygen atoms in total. The number of hydrogen-bond acceptors (Lipinski definition) is 5. The molecule has 0 spiro atoms. The molecule has 1 heterocycles. The Bertz CT molecular complexity index is 475. The Morgan fingerprint density at radius 1 is 1.47 bits per heavy atom. The van der Waals surface area contributed by atoms with Crippen molar-refractivity contribution in [1.29, 1.82) is 0 Å². The van der Waals surface area contributed by atoms with E-state index in [1.54, 1.807) is 6.92 Å². The van der Waals surface area contributed by atoms with E-state index in [1.807, 2.05) is 0 Å². The first-order chi connectivity index (χ1) is 8.78. The van der Waals surface area contributed by atoms with Gasteiger partial charge in [-0.2, -0.15) is 0 Å². The van der Waals surface area contributed by atoms with Gasteiger partial charge in [-0.15, -0.1) is 13.2 Å². The van der Waals surface area contributed by atoms with Gasteiger partial charge in [0.25, 0.3) is 0 Å². The molecule has 0 atom stereocenters. The van der Waals surface area contributed by atoms with Gasteiger partial charge in [0.2, 0.25) is 0 Å². The zero-order valence-electron chi connectivity index (χ0n) is 10.4. The third-order valence-electron chi connectivity index (χ3n) is 2.17. The van der Waals surface area contributed by atoms with Gasteiger partial charge in [-0.1, -0.05) is 0 Å². The Hall–Kier alpha value is -1.83. The van der Waals surface area contributed by atoms with Crippen molar-refractivity contribution in [3.63, 3.8) is 0 Å². The number of nitrogens with two attached hydrogens (primary N) is 1. The van der Waals surface area contributed by atoms with Crippen LogP contribution in [0.3, 0.4) is 0 Å². The Labute approximate surface area is 107 Å². The van der Waals surface area contributed by atoms with Gasteiger partial charge in [0.1, 0.15) is 0 Å². The van der Waals surface area contributed by atoms with Crippen LogP contribution in [-0.4, -0.2) is 23.9 Å². The molecule has 1 aromatic heterocycles. The van der Waals surface area contributed by atoms with Crippen molar-refractivity contribution in [1.82, 2.24) is 4.98 Å². The highest BCUT2D eigenvalue weighted by Crippen LogP contribution is 2.27. The molecule has 0 amide bonds. The summed E-state index contributed by atoms with van der Waals surface area (Å²) in [7, 11) is 0. The number of aromatic nitrogens is 1. The number of nitrogens with zero attached hydrogens (tertiary/aromatic N) is 1. The standard InChI is InChI=1S/C11H13F3N2O3/c1-3-18-10(17)7-4-9(19-11(12,13)14)8(5-15)16-6(7)2/h4H,3,5,15H2,1-2H3. The van der Waals surface area contributed by atoms with Crippen molar-refractivity contribution in [2.45, 2.75) is 26.8 Å². The number of carbonyl (C=O) groups is 1. The first-order valence-corrected chi connectivity index (χ1v) is 5.42. The summed E-state index contributed by atoms with van der Waals surface area (Å²) in [5, 5.41) is 0. The minimum absolute atomic E-state index is 0.0807. The number of alkyl halides is 3. The molecule has 0 radical (unpaired) electrons. The van der Waals surface area contributed by atoms with Gasteiger partial charge in [-0.3, -0.25) is 4.98 Å². The van der Waals surface area contributed by atoms with Gasteiger partial charge < -0.3 is 15.2 Å². The molecule has 2 N–H and O–H groups in total. The van der Waals surface area contributed by atoms with Gasteiger partial charge in [-0.25, -0.2) is 4.79 Å². The molecule has 0 saturated carbocycles. The third kappa shape index (κ3) is 4.09. The van der Waals surface area contributed by atoms with Crippen LogP contribution in [0.15, 0.2) is 6.07 Å². The molecule has 0 unspecified atom stereocenters. The maximum Gasteiger partial charge on any atom is 0.573 e. The van der Waals surface area contributed by atoms with E-state index in [1.165, 1.54) is 6.92 Å². The number of esters is 1.